The molecule has 41 heavy (non-hydrogen) atoms. The molecule has 0 fully saturated rings. The number of carbonyl (C=O) groups is 1. The molecule has 4 aromatic rings. The SMILES string of the molecule is COc1ccc(C(=O)Nc2c(Cl)cncc2Cl)cc1OC(C)CO[Si](c1ccccc1)(c1ccccc1)C(C)(C)C. The first-order valence-corrected chi connectivity index (χ1v) is 15.9. The van der Waals surface area contributed by atoms with Crippen molar-refractivity contribution >= 4 is 53.5 Å². The van der Waals surface area contributed by atoms with Crippen molar-refractivity contribution in [2.45, 2.75) is 38.8 Å². The van der Waals surface area contributed by atoms with Crippen LogP contribution in [0.2, 0.25) is 15.1 Å². The number of methoxy groups -OCH3 is 1. The second-order valence-corrected chi connectivity index (χ2v) is 15.8. The van der Waals surface area contributed by atoms with Gasteiger partial charge in [-0.2, -0.15) is 0 Å². The highest BCUT2D eigenvalue weighted by atomic mass is 35.5. The quantitative estimate of drug-likeness (QED) is 0.196. The number of carbonyl (C=O) groups excluding carboxylic acids is 1. The zero-order valence-corrected chi connectivity index (χ0v) is 26.3. The van der Waals surface area contributed by atoms with Crippen molar-refractivity contribution < 1.29 is 18.7 Å². The molecule has 0 radical (unpaired) electrons. The minimum absolute atomic E-state index is 0.166. The van der Waals surface area contributed by atoms with Crippen LogP contribution in [0.25, 0.3) is 0 Å². The summed E-state index contributed by atoms with van der Waals surface area (Å²) in [7, 11) is -1.18. The topological polar surface area (TPSA) is 69.7 Å². The molecule has 0 spiro atoms. The molecule has 0 aliphatic rings. The fourth-order valence-corrected chi connectivity index (χ4v) is 9.98. The molecule has 0 saturated heterocycles. The van der Waals surface area contributed by atoms with Gasteiger partial charge in [-0.25, -0.2) is 0 Å². The number of halogens is 2. The number of ether oxygens (including phenoxy) is 2. The first kappa shape index (κ1) is 30.6. The number of benzene rings is 3. The summed E-state index contributed by atoms with van der Waals surface area (Å²) in [5, 5.41) is 5.45. The Hall–Kier alpha value is -3.36. The van der Waals surface area contributed by atoms with Crippen LogP contribution in [0.4, 0.5) is 5.69 Å². The first-order chi connectivity index (χ1) is 19.6. The second kappa shape index (κ2) is 13.1. The maximum atomic E-state index is 13.1. The van der Waals surface area contributed by atoms with Gasteiger partial charge < -0.3 is 19.2 Å². The molecule has 1 N–H and O–H groups in total. The van der Waals surface area contributed by atoms with Crippen LogP contribution in [-0.4, -0.2) is 39.0 Å². The van der Waals surface area contributed by atoms with Crippen LogP contribution in [0.5, 0.6) is 11.5 Å². The van der Waals surface area contributed by atoms with E-state index in [9.17, 15) is 4.79 Å². The van der Waals surface area contributed by atoms with E-state index >= 15 is 0 Å². The van der Waals surface area contributed by atoms with Crippen LogP contribution < -0.4 is 25.2 Å². The van der Waals surface area contributed by atoms with Crippen molar-refractivity contribution in [3.8, 4) is 11.5 Å². The number of rotatable bonds is 10. The van der Waals surface area contributed by atoms with Crippen LogP contribution in [0, 0.1) is 0 Å². The maximum Gasteiger partial charge on any atom is 0.261 e. The Morgan fingerprint density at radius 3 is 1.98 bits per heavy atom. The van der Waals surface area contributed by atoms with Gasteiger partial charge in [0.1, 0.15) is 6.10 Å². The summed E-state index contributed by atoms with van der Waals surface area (Å²) in [5.74, 6) is 0.521. The summed E-state index contributed by atoms with van der Waals surface area (Å²) in [5.41, 5.74) is 0.642. The smallest absolute Gasteiger partial charge is 0.261 e. The normalized spacial score (nSPS) is 12.5. The lowest BCUT2D eigenvalue weighted by Crippen LogP contribution is -2.67. The Morgan fingerprint density at radius 2 is 1.46 bits per heavy atom. The Balaban J connectivity index is 1.59. The van der Waals surface area contributed by atoms with Crippen molar-refractivity contribution in [2.24, 2.45) is 0 Å². The van der Waals surface area contributed by atoms with Crippen molar-refractivity contribution in [3.63, 3.8) is 0 Å². The van der Waals surface area contributed by atoms with Crippen LogP contribution in [0.3, 0.4) is 0 Å². The van der Waals surface area contributed by atoms with Gasteiger partial charge in [0.15, 0.2) is 11.5 Å². The lowest BCUT2D eigenvalue weighted by Gasteiger charge is -2.43. The van der Waals surface area contributed by atoms with Gasteiger partial charge in [0.05, 0.1) is 29.4 Å². The number of nitrogens with zero attached hydrogens (tertiary/aromatic N) is 1. The number of aromatic nitrogens is 1. The standard InChI is InChI=1S/C32H34Cl2N2O4Si/c1-22(21-39-41(32(2,3)4,24-12-8-6-9-13-24)25-14-10-7-11-15-25)40-29-18-23(16-17-28(29)38-5)31(37)36-30-26(33)19-35-20-27(30)34/h6-20,22H,21H2,1-5H3,(H,35,36,37). The third-order valence-corrected chi connectivity index (χ3v) is 12.4. The molecule has 0 aliphatic carbocycles. The molecule has 3 aromatic carbocycles. The third kappa shape index (κ3) is 6.76. The summed E-state index contributed by atoms with van der Waals surface area (Å²) >= 11 is 12.4. The molecule has 1 atom stereocenters. The van der Waals surface area contributed by atoms with Crippen LogP contribution >= 0.6 is 23.2 Å². The summed E-state index contributed by atoms with van der Waals surface area (Å²) < 4.78 is 18.9. The molecule has 0 aliphatic heterocycles. The largest absolute Gasteiger partial charge is 0.493 e. The van der Waals surface area contributed by atoms with Crippen molar-refractivity contribution in [2.75, 3.05) is 19.0 Å². The van der Waals surface area contributed by atoms with Crippen molar-refractivity contribution in [3.05, 3.63) is 107 Å². The minimum Gasteiger partial charge on any atom is -0.493 e. The molecular weight excluding hydrogens is 575 g/mol. The number of hydrogen-bond donors (Lipinski definition) is 1. The highest BCUT2D eigenvalue weighted by molar-refractivity contribution is 6.99. The Labute approximate surface area is 252 Å². The summed E-state index contributed by atoms with van der Waals surface area (Å²) in [6.45, 7) is 8.97. The average molecular weight is 610 g/mol. The number of amides is 1. The second-order valence-electron chi connectivity index (χ2n) is 10.7. The molecule has 9 heteroatoms. The van der Waals surface area contributed by atoms with Crippen LogP contribution in [0.15, 0.2) is 91.3 Å². The number of hydrogen-bond acceptors (Lipinski definition) is 5. The summed E-state index contributed by atoms with van der Waals surface area (Å²) in [6, 6.07) is 25.9. The van der Waals surface area contributed by atoms with Crippen LogP contribution in [-0.2, 0) is 4.43 Å². The number of pyridine rings is 1. The molecule has 1 heterocycles. The average Bonchev–Trinajstić information content (AvgIpc) is 2.95. The Bertz CT molecular complexity index is 1420. The molecule has 1 amide bonds. The predicted octanol–water partition coefficient (Wildman–Crippen LogP) is 6.99. The van der Waals surface area contributed by atoms with E-state index in [4.69, 9.17) is 37.1 Å². The van der Waals surface area contributed by atoms with Gasteiger partial charge >= 0.3 is 0 Å². The van der Waals surface area contributed by atoms with E-state index in [1.165, 1.54) is 22.8 Å². The molecule has 1 unspecified atom stereocenters. The van der Waals surface area contributed by atoms with Gasteiger partial charge in [0.25, 0.3) is 14.2 Å². The molecule has 4 rings (SSSR count). The van der Waals surface area contributed by atoms with Gasteiger partial charge in [-0.05, 0) is 40.5 Å². The molecule has 1 aromatic heterocycles. The fourth-order valence-electron chi connectivity index (χ4n) is 4.88. The van der Waals surface area contributed by atoms with E-state index in [0.29, 0.717) is 29.4 Å². The number of anilines is 1. The van der Waals surface area contributed by atoms with Gasteiger partial charge in [-0.1, -0.05) is 105 Å². The van der Waals surface area contributed by atoms with Crippen LogP contribution in [0.1, 0.15) is 38.1 Å². The molecule has 0 saturated carbocycles. The molecular formula is C32H34Cl2N2O4Si. The van der Waals surface area contributed by atoms with Gasteiger partial charge in [0.2, 0.25) is 0 Å². The zero-order chi connectivity index (χ0) is 29.6. The third-order valence-electron chi connectivity index (χ3n) is 6.80. The highest BCUT2D eigenvalue weighted by Gasteiger charge is 2.50. The van der Waals surface area contributed by atoms with Gasteiger partial charge in [0, 0.05) is 18.0 Å². The van der Waals surface area contributed by atoms with Crippen molar-refractivity contribution in [1.29, 1.82) is 0 Å². The minimum atomic E-state index is -2.74. The van der Waals surface area contributed by atoms with E-state index in [1.54, 1.807) is 25.3 Å². The van der Waals surface area contributed by atoms with E-state index in [-0.39, 0.29) is 21.2 Å². The molecule has 214 valence electrons. The van der Waals surface area contributed by atoms with E-state index < -0.39 is 14.2 Å². The fraction of sp³-hybridized carbons (Fsp3) is 0.250. The Kier molecular flexibility index (Phi) is 9.76. The van der Waals surface area contributed by atoms with Crippen molar-refractivity contribution in [1.82, 2.24) is 4.98 Å². The molecule has 0 bridgehead atoms. The summed E-state index contributed by atoms with van der Waals surface area (Å²) in [4.78, 5) is 17.0. The zero-order valence-electron chi connectivity index (χ0n) is 23.8. The highest BCUT2D eigenvalue weighted by Crippen LogP contribution is 2.37. The van der Waals surface area contributed by atoms with E-state index in [1.807, 2.05) is 19.1 Å². The van der Waals surface area contributed by atoms with E-state index in [2.05, 4.69) is 79.6 Å². The molecule has 6 nitrogen and oxygen atoms in total. The van der Waals surface area contributed by atoms with E-state index in [0.717, 1.165) is 0 Å². The lowest BCUT2D eigenvalue weighted by molar-refractivity contribution is 0.102. The van der Waals surface area contributed by atoms with Gasteiger partial charge in [-0.15, -0.1) is 0 Å². The Morgan fingerprint density at radius 1 is 0.902 bits per heavy atom. The van der Waals surface area contributed by atoms with Gasteiger partial charge in [-0.3, -0.25) is 9.78 Å². The monoisotopic (exact) mass is 608 g/mol. The number of nitrogens with one attached hydrogen (secondary N) is 1. The maximum absolute atomic E-state index is 13.1. The predicted molar refractivity (Wildman–Crippen MR) is 169 cm³/mol. The first-order valence-electron chi connectivity index (χ1n) is 13.3. The lowest BCUT2D eigenvalue weighted by atomic mass is 10.2. The summed E-state index contributed by atoms with van der Waals surface area (Å²) in [6.07, 6.45) is 2.48.